The van der Waals surface area contributed by atoms with Crippen molar-refractivity contribution < 1.29 is 8.94 Å². The molecule has 0 saturated heterocycles. The second-order valence-electron chi connectivity index (χ2n) is 6.65. The lowest BCUT2D eigenvalue weighted by atomic mass is 10.1. The van der Waals surface area contributed by atoms with Crippen LogP contribution in [-0.4, -0.2) is 32.6 Å². The average Bonchev–Trinajstić information content (AvgIpc) is 3.46. The van der Waals surface area contributed by atoms with E-state index in [1.807, 2.05) is 42.4 Å². The molecule has 0 radical (unpaired) electrons. The zero-order valence-corrected chi connectivity index (χ0v) is 15.5. The maximum atomic E-state index is 6.29. The highest BCUT2D eigenvalue weighted by Crippen LogP contribution is 2.46. The molecule has 0 amide bonds. The van der Waals surface area contributed by atoms with Gasteiger partial charge in [-0.25, -0.2) is 10.0 Å². The van der Waals surface area contributed by atoms with Gasteiger partial charge in [0.25, 0.3) is 0 Å². The van der Waals surface area contributed by atoms with E-state index in [4.69, 9.17) is 20.7 Å². The summed E-state index contributed by atoms with van der Waals surface area (Å²) in [5.74, 6) is 2.60. The zero-order valence-electron chi connectivity index (χ0n) is 14.7. The summed E-state index contributed by atoms with van der Waals surface area (Å²) >= 11 is 6.29. The normalized spacial score (nSPS) is 19.8. The summed E-state index contributed by atoms with van der Waals surface area (Å²) in [6.07, 6.45) is 3.32. The number of aliphatic imine (C=N–C) groups is 1. The van der Waals surface area contributed by atoms with Crippen molar-refractivity contribution in [3.8, 4) is 11.6 Å². The molecule has 0 bridgehead atoms. The second kappa shape index (κ2) is 5.52. The molecule has 0 saturated carbocycles. The molecule has 1 unspecified atom stereocenters. The minimum atomic E-state index is -0.233. The Morgan fingerprint density at radius 1 is 1.18 bits per heavy atom. The maximum absolute atomic E-state index is 6.29. The van der Waals surface area contributed by atoms with E-state index in [1.54, 1.807) is 15.8 Å². The number of para-hydroxylation sites is 1. The molecular formula is C18H14ClN7O2. The highest BCUT2D eigenvalue weighted by Gasteiger charge is 2.45. The second-order valence-corrected chi connectivity index (χ2v) is 7.09. The van der Waals surface area contributed by atoms with Crippen LogP contribution in [0.1, 0.15) is 17.5 Å². The monoisotopic (exact) mass is 395 g/mol. The van der Waals surface area contributed by atoms with E-state index in [9.17, 15) is 0 Å². The maximum Gasteiger partial charge on any atom is 0.349 e. The van der Waals surface area contributed by atoms with Crippen molar-refractivity contribution in [2.24, 2.45) is 4.99 Å². The number of aryl methyl sites for hydroxylation is 1. The largest absolute Gasteiger partial charge is 0.458 e. The van der Waals surface area contributed by atoms with Crippen molar-refractivity contribution in [2.45, 2.75) is 13.1 Å². The summed E-state index contributed by atoms with van der Waals surface area (Å²) in [5, 5.41) is 7.77. The van der Waals surface area contributed by atoms with Crippen LogP contribution in [0.3, 0.4) is 0 Å². The Morgan fingerprint density at radius 3 is 2.93 bits per heavy atom. The topological polar surface area (TPSA) is 77.4 Å². The Hall–Kier alpha value is -3.46. The van der Waals surface area contributed by atoms with E-state index in [-0.39, 0.29) is 6.17 Å². The van der Waals surface area contributed by atoms with Crippen LogP contribution in [0.5, 0.6) is 0 Å². The minimum absolute atomic E-state index is 0.233. The molecule has 3 aliphatic rings. The standard InChI is InChI=1S/C18H14ClN7O2/c1-11-6-7-14(27-11)16-21-18(28-22-16)25-9-20-17-12-4-2-3-5-13(12)24-10-23(19)8-15(24)26(17)25/h2-9,17H,10H2,1H3. The van der Waals surface area contributed by atoms with Gasteiger partial charge in [-0.2, -0.15) is 9.99 Å². The van der Waals surface area contributed by atoms with Crippen LogP contribution in [0.4, 0.5) is 11.7 Å². The van der Waals surface area contributed by atoms with Gasteiger partial charge in [-0.1, -0.05) is 23.4 Å². The molecule has 0 N–H and O–H groups in total. The van der Waals surface area contributed by atoms with Gasteiger partial charge in [-0.3, -0.25) is 4.42 Å². The molecule has 9 nitrogen and oxygen atoms in total. The zero-order chi connectivity index (χ0) is 18.8. The van der Waals surface area contributed by atoms with Crippen LogP contribution in [0.2, 0.25) is 0 Å². The highest BCUT2D eigenvalue weighted by molar-refractivity contribution is 6.14. The number of halogens is 1. The van der Waals surface area contributed by atoms with Crippen molar-refractivity contribution in [2.75, 3.05) is 16.6 Å². The third-order valence-corrected chi connectivity index (χ3v) is 5.11. The van der Waals surface area contributed by atoms with Gasteiger partial charge < -0.3 is 13.8 Å². The number of fused-ring (bicyclic) bond motifs is 6. The SMILES string of the molecule is Cc1ccc(-c2noc(N3C=NC4c5ccccc5N5CN(Cl)C=C5N43)n2)o1. The quantitative estimate of drug-likeness (QED) is 0.610. The van der Waals surface area contributed by atoms with Crippen molar-refractivity contribution in [3.05, 3.63) is 59.7 Å². The number of rotatable bonds is 2. The van der Waals surface area contributed by atoms with Crippen LogP contribution >= 0.6 is 11.8 Å². The Kier molecular flexibility index (Phi) is 3.07. The number of hydrogen-bond acceptors (Lipinski definition) is 9. The van der Waals surface area contributed by atoms with Crippen molar-refractivity contribution in [1.82, 2.24) is 19.6 Å². The summed E-state index contributed by atoms with van der Waals surface area (Å²) in [6, 6.07) is 12.1. The number of benzene rings is 1. The fraction of sp³-hybridized carbons (Fsp3) is 0.167. The van der Waals surface area contributed by atoms with E-state index in [2.05, 4.69) is 32.2 Å². The highest BCUT2D eigenvalue weighted by atomic mass is 35.5. The van der Waals surface area contributed by atoms with Gasteiger partial charge in [0.1, 0.15) is 24.6 Å². The number of aromatic nitrogens is 2. The molecule has 3 aromatic rings. The van der Waals surface area contributed by atoms with Crippen molar-refractivity contribution in [3.63, 3.8) is 0 Å². The number of furan rings is 1. The Morgan fingerprint density at radius 2 is 2.07 bits per heavy atom. The molecule has 1 aromatic carbocycles. The van der Waals surface area contributed by atoms with Crippen LogP contribution < -0.4 is 9.91 Å². The van der Waals surface area contributed by atoms with Crippen LogP contribution in [-0.2, 0) is 0 Å². The molecule has 2 aromatic heterocycles. The molecule has 10 heteroatoms. The molecule has 0 fully saturated rings. The summed E-state index contributed by atoms with van der Waals surface area (Å²) < 4.78 is 12.7. The van der Waals surface area contributed by atoms with Gasteiger partial charge in [-0.15, -0.1) is 0 Å². The summed E-state index contributed by atoms with van der Waals surface area (Å²) in [5.41, 5.74) is 2.15. The predicted molar refractivity (Wildman–Crippen MR) is 102 cm³/mol. The number of hydrazine groups is 1. The third kappa shape index (κ3) is 2.10. The number of anilines is 2. The first-order valence-corrected chi connectivity index (χ1v) is 9.06. The molecule has 0 spiro atoms. The molecule has 140 valence electrons. The lowest BCUT2D eigenvalue weighted by Gasteiger charge is -2.41. The average molecular weight is 396 g/mol. The summed E-state index contributed by atoms with van der Waals surface area (Å²) in [7, 11) is 0. The molecule has 6 rings (SSSR count). The van der Waals surface area contributed by atoms with Crippen molar-refractivity contribution in [1.29, 1.82) is 0 Å². The first-order chi connectivity index (χ1) is 13.7. The first-order valence-electron chi connectivity index (χ1n) is 8.72. The van der Waals surface area contributed by atoms with Crippen LogP contribution in [0.25, 0.3) is 11.6 Å². The van der Waals surface area contributed by atoms with E-state index in [0.29, 0.717) is 24.3 Å². The smallest absolute Gasteiger partial charge is 0.349 e. The van der Waals surface area contributed by atoms with Gasteiger partial charge in [0.05, 0.1) is 11.9 Å². The molecular weight excluding hydrogens is 382 g/mol. The van der Waals surface area contributed by atoms with E-state index in [1.165, 1.54) is 0 Å². The summed E-state index contributed by atoms with van der Waals surface area (Å²) in [6.45, 7) is 2.40. The Bertz CT molecular complexity index is 1140. The number of nitrogens with zero attached hydrogens (tertiary/aromatic N) is 7. The summed E-state index contributed by atoms with van der Waals surface area (Å²) in [4.78, 5) is 11.3. The van der Waals surface area contributed by atoms with E-state index < -0.39 is 0 Å². The molecule has 0 aliphatic carbocycles. The van der Waals surface area contributed by atoms with Gasteiger partial charge >= 0.3 is 6.01 Å². The third-order valence-electron chi connectivity index (χ3n) is 4.90. The lowest BCUT2D eigenvalue weighted by molar-refractivity contribution is 0.261. The molecule has 5 heterocycles. The molecule has 28 heavy (non-hydrogen) atoms. The van der Waals surface area contributed by atoms with E-state index >= 15 is 0 Å². The lowest BCUT2D eigenvalue weighted by Crippen LogP contribution is -2.46. The fourth-order valence-electron chi connectivity index (χ4n) is 3.69. The fourth-order valence-corrected chi connectivity index (χ4v) is 3.89. The van der Waals surface area contributed by atoms with Gasteiger partial charge in [-0.05, 0) is 25.1 Å². The van der Waals surface area contributed by atoms with Gasteiger partial charge in [0.15, 0.2) is 11.9 Å². The van der Waals surface area contributed by atoms with Crippen molar-refractivity contribution >= 4 is 29.8 Å². The predicted octanol–water partition coefficient (Wildman–Crippen LogP) is 3.45. The van der Waals surface area contributed by atoms with E-state index in [0.717, 1.165) is 22.8 Å². The molecule has 1 atom stereocenters. The Balaban J connectivity index is 1.42. The minimum Gasteiger partial charge on any atom is -0.458 e. The molecule has 3 aliphatic heterocycles. The number of hydrogen-bond donors (Lipinski definition) is 0. The Labute approximate surface area is 164 Å². The van der Waals surface area contributed by atoms with Crippen LogP contribution in [0, 0.1) is 6.92 Å². The van der Waals surface area contributed by atoms with Crippen LogP contribution in [0.15, 0.2) is 62.4 Å². The first kappa shape index (κ1) is 15.6. The van der Waals surface area contributed by atoms with Gasteiger partial charge in [0.2, 0.25) is 5.82 Å². The van der Waals surface area contributed by atoms with Gasteiger partial charge in [0, 0.05) is 17.3 Å².